The molecule has 0 aliphatic carbocycles. The molecule has 0 aromatic rings. The molecule has 2 N–H and O–H groups in total. The number of nitriles is 1. The number of nitrogens with one attached hydrogen (secondary N) is 2. The van der Waals surface area contributed by atoms with Gasteiger partial charge in [0.1, 0.15) is 6.07 Å². The van der Waals surface area contributed by atoms with Gasteiger partial charge in [0.25, 0.3) is 5.91 Å². The first-order valence-corrected chi connectivity index (χ1v) is 4.86. The highest BCUT2D eigenvalue weighted by molar-refractivity contribution is 6.45. The fourth-order valence-corrected chi connectivity index (χ4v) is 0.703. The molecule has 0 aromatic carbocycles. The van der Waals surface area contributed by atoms with Crippen LogP contribution in [0.3, 0.4) is 0 Å². The second kappa shape index (κ2) is 8.23. The van der Waals surface area contributed by atoms with Gasteiger partial charge in [0.05, 0.1) is 0 Å². The third kappa shape index (κ3) is 5.59. The Bertz CT molecular complexity index is 319. The van der Waals surface area contributed by atoms with Crippen molar-refractivity contribution >= 4 is 17.7 Å². The lowest BCUT2D eigenvalue weighted by Crippen LogP contribution is -2.31. The molecule has 16 heavy (non-hydrogen) atoms. The van der Waals surface area contributed by atoms with Gasteiger partial charge in [-0.1, -0.05) is 12.1 Å². The molecular weight excluding hydrogens is 212 g/mol. The first kappa shape index (κ1) is 13.9. The molecule has 0 spiro atoms. The molecule has 0 unspecified atom stereocenters. The highest BCUT2D eigenvalue weighted by atomic mass is 16.7. The van der Waals surface area contributed by atoms with Crippen molar-refractivity contribution in [1.29, 1.82) is 5.26 Å². The molecule has 2 amide bonds. The minimum atomic E-state index is -0.793. The number of nitrogens with zero attached hydrogens (tertiary/aromatic N) is 2. The number of amides is 2. The molecule has 0 heterocycles. The average Bonchev–Trinajstić information content (AvgIpc) is 2.27. The average molecular weight is 226 g/mol. The molecule has 7 heteroatoms. The third-order valence-corrected chi connectivity index (χ3v) is 1.40. The van der Waals surface area contributed by atoms with Crippen molar-refractivity contribution in [1.82, 2.24) is 10.6 Å². The van der Waals surface area contributed by atoms with Crippen molar-refractivity contribution in [3.8, 4) is 6.07 Å². The normalized spacial score (nSPS) is 10.2. The summed E-state index contributed by atoms with van der Waals surface area (Å²) in [4.78, 5) is 26.4. The van der Waals surface area contributed by atoms with Crippen LogP contribution >= 0.6 is 0 Å². The molecule has 0 aromatic heterocycles. The largest absolute Gasteiger partial charge is 0.433 e. The summed E-state index contributed by atoms with van der Waals surface area (Å²) in [5, 5.41) is 16.4. The van der Waals surface area contributed by atoms with Crippen LogP contribution in [0.5, 0.6) is 0 Å². The fraction of sp³-hybridized carbons (Fsp3) is 0.556. The van der Waals surface area contributed by atoms with Crippen molar-refractivity contribution in [2.24, 2.45) is 5.16 Å². The van der Waals surface area contributed by atoms with Gasteiger partial charge in [0, 0.05) is 13.1 Å². The summed E-state index contributed by atoms with van der Waals surface area (Å²) in [5.41, 5.74) is -0.492. The van der Waals surface area contributed by atoms with Crippen LogP contribution in [-0.2, 0) is 9.63 Å². The van der Waals surface area contributed by atoms with Crippen LogP contribution in [0.1, 0.15) is 20.3 Å². The minimum Gasteiger partial charge on any atom is -0.350 e. The van der Waals surface area contributed by atoms with E-state index < -0.39 is 17.7 Å². The molecule has 0 aliphatic heterocycles. The van der Waals surface area contributed by atoms with Crippen LogP contribution in [0.15, 0.2) is 5.16 Å². The second-order valence-corrected chi connectivity index (χ2v) is 2.72. The van der Waals surface area contributed by atoms with E-state index in [9.17, 15) is 9.59 Å². The van der Waals surface area contributed by atoms with Crippen LogP contribution in [0.25, 0.3) is 0 Å². The van der Waals surface area contributed by atoms with E-state index in [2.05, 4.69) is 20.6 Å². The fourth-order valence-electron chi connectivity index (χ4n) is 0.703. The van der Waals surface area contributed by atoms with Crippen LogP contribution in [0.4, 0.5) is 4.79 Å². The zero-order valence-electron chi connectivity index (χ0n) is 9.24. The van der Waals surface area contributed by atoms with E-state index >= 15 is 0 Å². The number of hydrogen-bond donors (Lipinski definition) is 2. The lowest BCUT2D eigenvalue weighted by Gasteiger charge is -2.00. The molecule has 0 saturated heterocycles. The quantitative estimate of drug-likeness (QED) is 0.395. The second-order valence-electron chi connectivity index (χ2n) is 2.72. The third-order valence-electron chi connectivity index (χ3n) is 1.40. The maximum absolute atomic E-state index is 11.1. The zero-order valence-corrected chi connectivity index (χ0v) is 9.24. The van der Waals surface area contributed by atoms with E-state index in [-0.39, 0.29) is 0 Å². The van der Waals surface area contributed by atoms with Crippen molar-refractivity contribution in [2.45, 2.75) is 20.3 Å². The monoisotopic (exact) mass is 226 g/mol. The standard InChI is InChI=1S/C9H14N4O3/c1-3-5-12-9(15)16-13-7(6-10)8(14)11-4-2/h3-5H2,1-2H3,(H,11,14)(H,12,15). The molecule has 0 aliphatic rings. The molecule has 0 fully saturated rings. The predicted molar refractivity (Wildman–Crippen MR) is 56.5 cm³/mol. The Morgan fingerprint density at radius 1 is 1.38 bits per heavy atom. The number of carbonyl (C=O) groups is 2. The van der Waals surface area contributed by atoms with E-state index in [0.29, 0.717) is 13.1 Å². The summed E-state index contributed by atoms with van der Waals surface area (Å²) in [7, 11) is 0. The molecule has 0 rings (SSSR count). The Hall–Kier alpha value is -2.10. The summed E-state index contributed by atoms with van der Waals surface area (Å²) in [5.74, 6) is -0.673. The van der Waals surface area contributed by atoms with Crippen molar-refractivity contribution in [3.05, 3.63) is 0 Å². The summed E-state index contributed by atoms with van der Waals surface area (Å²) < 4.78 is 0. The Morgan fingerprint density at radius 3 is 2.56 bits per heavy atom. The van der Waals surface area contributed by atoms with Gasteiger partial charge in [0.2, 0.25) is 5.71 Å². The smallest absolute Gasteiger partial charge is 0.350 e. The van der Waals surface area contributed by atoms with Gasteiger partial charge in [-0.3, -0.25) is 9.63 Å². The molecule has 7 nitrogen and oxygen atoms in total. The molecule has 0 atom stereocenters. The molecule has 0 radical (unpaired) electrons. The van der Waals surface area contributed by atoms with Crippen LogP contribution in [0.2, 0.25) is 0 Å². The Kier molecular flexibility index (Phi) is 7.15. The summed E-state index contributed by atoms with van der Waals surface area (Å²) in [6, 6.07) is 1.53. The van der Waals surface area contributed by atoms with Gasteiger partial charge < -0.3 is 10.6 Å². The minimum absolute atomic E-state index is 0.363. The maximum Gasteiger partial charge on any atom is 0.433 e. The van der Waals surface area contributed by atoms with Crippen LogP contribution in [-0.4, -0.2) is 30.8 Å². The van der Waals surface area contributed by atoms with E-state index in [1.54, 1.807) is 6.92 Å². The van der Waals surface area contributed by atoms with Gasteiger partial charge in [-0.2, -0.15) is 5.26 Å². The first-order valence-electron chi connectivity index (χ1n) is 4.86. The Balaban J connectivity index is 4.22. The van der Waals surface area contributed by atoms with E-state index in [0.717, 1.165) is 6.42 Å². The predicted octanol–water partition coefficient (Wildman–Crippen LogP) is 0.138. The van der Waals surface area contributed by atoms with E-state index in [4.69, 9.17) is 5.26 Å². The van der Waals surface area contributed by atoms with Crippen LogP contribution in [0, 0.1) is 11.3 Å². The van der Waals surface area contributed by atoms with Gasteiger partial charge in [0.15, 0.2) is 0 Å². The molecule has 0 bridgehead atoms. The number of carbonyl (C=O) groups excluding carboxylic acids is 2. The van der Waals surface area contributed by atoms with Gasteiger partial charge >= 0.3 is 6.09 Å². The van der Waals surface area contributed by atoms with E-state index in [1.165, 1.54) is 6.07 Å². The highest BCUT2D eigenvalue weighted by Gasteiger charge is 2.11. The SMILES string of the molecule is CCCNC(=O)ON=C(C#N)C(=O)NCC. The zero-order chi connectivity index (χ0) is 12.4. The van der Waals surface area contributed by atoms with E-state index in [1.807, 2.05) is 6.92 Å². The van der Waals surface area contributed by atoms with Gasteiger partial charge in [-0.05, 0) is 13.3 Å². The molecule has 0 saturated carbocycles. The topological polar surface area (TPSA) is 104 Å². The van der Waals surface area contributed by atoms with Crippen LogP contribution < -0.4 is 10.6 Å². The molecule has 88 valence electrons. The first-order chi connectivity index (χ1) is 7.65. The van der Waals surface area contributed by atoms with Crippen molar-refractivity contribution in [3.63, 3.8) is 0 Å². The van der Waals surface area contributed by atoms with Gasteiger partial charge in [-0.25, -0.2) is 4.79 Å². The lowest BCUT2D eigenvalue weighted by molar-refractivity contribution is -0.114. The Labute approximate surface area is 93.4 Å². The molecular formula is C9H14N4O3. The highest BCUT2D eigenvalue weighted by Crippen LogP contribution is 1.84. The maximum atomic E-state index is 11.1. The van der Waals surface area contributed by atoms with Crippen molar-refractivity contribution < 1.29 is 14.4 Å². The summed E-state index contributed by atoms with van der Waals surface area (Å²) in [6.45, 7) is 4.37. The van der Waals surface area contributed by atoms with Crippen molar-refractivity contribution in [2.75, 3.05) is 13.1 Å². The number of hydrogen-bond acceptors (Lipinski definition) is 5. The number of rotatable bonds is 5. The summed E-state index contributed by atoms with van der Waals surface area (Å²) >= 11 is 0. The van der Waals surface area contributed by atoms with Gasteiger partial charge in [-0.15, -0.1) is 0 Å². The lowest BCUT2D eigenvalue weighted by atomic mass is 10.4. The summed E-state index contributed by atoms with van der Waals surface area (Å²) in [6.07, 6.45) is -0.0424. The number of oxime groups is 1. The Morgan fingerprint density at radius 2 is 2.06 bits per heavy atom.